The number of aliphatic hydroxyl groups is 1. The van der Waals surface area contributed by atoms with Gasteiger partial charge in [-0.05, 0) is 39.7 Å². The van der Waals surface area contributed by atoms with Gasteiger partial charge in [0.2, 0.25) is 0 Å². The molecule has 1 aliphatic rings. The maximum atomic E-state index is 9.81. The van der Waals surface area contributed by atoms with Gasteiger partial charge in [0.1, 0.15) is 0 Å². The summed E-state index contributed by atoms with van der Waals surface area (Å²) in [4.78, 5) is 2.20. The maximum absolute atomic E-state index is 9.81. The first kappa shape index (κ1) is 14.9. The van der Waals surface area contributed by atoms with Crippen molar-refractivity contribution in [3.63, 3.8) is 0 Å². The number of rotatable bonds is 7. The van der Waals surface area contributed by atoms with Gasteiger partial charge < -0.3 is 19.5 Å². The highest BCUT2D eigenvalue weighted by Crippen LogP contribution is 2.15. The second kappa shape index (κ2) is 8.03. The molecule has 1 saturated heterocycles. The van der Waals surface area contributed by atoms with Crippen molar-refractivity contribution >= 4 is 0 Å². The van der Waals surface area contributed by atoms with Crippen molar-refractivity contribution in [2.45, 2.75) is 38.9 Å². The lowest BCUT2D eigenvalue weighted by molar-refractivity contribution is -0.0101. The molecular weight excluding hydrogens is 218 g/mol. The number of ether oxygens (including phenoxy) is 2. The van der Waals surface area contributed by atoms with Gasteiger partial charge in [0, 0.05) is 26.3 Å². The zero-order valence-electron chi connectivity index (χ0n) is 11.4. The van der Waals surface area contributed by atoms with E-state index in [1.165, 1.54) is 0 Å². The van der Waals surface area contributed by atoms with Gasteiger partial charge in [-0.25, -0.2) is 0 Å². The van der Waals surface area contributed by atoms with E-state index >= 15 is 0 Å². The van der Waals surface area contributed by atoms with E-state index in [0.717, 1.165) is 32.6 Å². The van der Waals surface area contributed by atoms with Crippen molar-refractivity contribution < 1.29 is 14.6 Å². The first-order chi connectivity index (χ1) is 8.08. The highest BCUT2D eigenvalue weighted by molar-refractivity contribution is 4.69. The molecule has 1 atom stereocenters. The van der Waals surface area contributed by atoms with Gasteiger partial charge in [-0.1, -0.05) is 0 Å². The minimum absolute atomic E-state index is 0.186. The molecule has 1 aliphatic heterocycles. The molecule has 0 radical (unpaired) electrons. The van der Waals surface area contributed by atoms with Crippen LogP contribution in [0.2, 0.25) is 0 Å². The Morgan fingerprint density at radius 3 is 2.59 bits per heavy atom. The van der Waals surface area contributed by atoms with Gasteiger partial charge in [0.15, 0.2) is 0 Å². The minimum atomic E-state index is -0.387. The molecule has 17 heavy (non-hydrogen) atoms. The summed E-state index contributed by atoms with van der Waals surface area (Å²) < 4.78 is 10.7. The minimum Gasteiger partial charge on any atom is -0.389 e. The summed E-state index contributed by atoms with van der Waals surface area (Å²) in [6.07, 6.45) is 2.08. The fourth-order valence-electron chi connectivity index (χ4n) is 2.16. The first-order valence-corrected chi connectivity index (χ1v) is 6.64. The Balaban J connectivity index is 2.12. The fourth-order valence-corrected chi connectivity index (χ4v) is 2.16. The van der Waals surface area contributed by atoms with Gasteiger partial charge in [0.25, 0.3) is 0 Å². The third-order valence-electron chi connectivity index (χ3n) is 3.06. The number of hydrogen-bond donors (Lipinski definition) is 1. The molecular formula is C13H27NO3. The van der Waals surface area contributed by atoms with Crippen LogP contribution >= 0.6 is 0 Å². The van der Waals surface area contributed by atoms with E-state index in [9.17, 15) is 5.11 Å². The largest absolute Gasteiger partial charge is 0.389 e. The third-order valence-corrected chi connectivity index (χ3v) is 3.06. The SMILES string of the molecule is CC(C)OCC(O)CN(C)CC1CCOCC1. The molecule has 102 valence electrons. The van der Waals surface area contributed by atoms with Crippen LogP contribution in [0.5, 0.6) is 0 Å². The van der Waals surface area contributed by atoms with E-state index in [1.807, 2.05) is 13.8 Å². The fraction of sp³-hybridized carbons (Fsp3) is 1.00. The van der Waals surface area contributed by atoms with E-state index in [1.54, 1.807) is 0 Å². The molecule has 0 bridgehead atoms. The van der Waals surface area contributed by atoms with E-state index in [-0.39, 0.29) is 12.2 Å². The predicted octanol–water partition coefficient (Wildman–Crippen LogP) is 1.13. The molecule has 0 aromatic rings. The van der Waals surface area contributed by atoms with Crippen molar-refractivity contribution in [2.24, 2.45) is 5.92 Å². The molecule has 1 unspecified atom stereocenters. The molecule has 1 N–H and O–H groups in total. The molecule has 0 saturated carbocycles. The van der Waals surface area contributed by atoms with Crippen molar-refractivity contribution in [3.8, 4) is 0 Å². The summed E-state index contributed by atoms with van der Waals surface area (Å²) in [6.45, 7) is 7.90. The average molecular weight is 245 g/mol. The Labute approximate surface area is 105 Å². The first-order valence-electron chi connectivity index (χ1n) is 6.64. The Morgan fingerprint density at radius 2 is 2.00 bits per heavy atom. The van der Waals surface area contributed by atoms with Crippen LogP contribution in [0, 0.1) is 5.92 Å². The second-order valence-corrected chi connectivity index (χ2v) is 5.31. The highest BCUT2D eigenvalue weighted by atomic mass is 16.5. The van der Waals surface area contributed by atoms with Crippen LogP contribution in [0.1, 0.15) is 26.7 Å². The molecule has 0 spiro atoms. The average Bonchev–Trinajstić information content (AvgIpc) is 2.27. The lowest BCUT2D eigenvalue weighted by Gasteiger charge is -2.28. The zero-order chi connectivity index (χ0) is 12.7. The summed E-state index contributed by atoms with van der Waals surface area (Å²) >= 11 is 0. The molecule has 1 rings (SSSR count). The van der Waals surface area contributed by atoms with E-state index in [2.05, 4.69) is 11.9 Å². The summed E-state index contributed by atoms with van der Waals surface area (Å²) in [6, 6.07) is 0. The molecule has 0 amide bonds. The van der Waals surface area contributed by atoms with Crippen LogP contribution in [0.4, 0.5) is 0 Å². The Hall–Kier alpha value is -0.160. The van der Waals surface area contributed by atoms with Gasteiger partial charge in [-0.3, -0.25) is 0 Å². The molecule has 0 aromatic heterocycles. The normalized spacial score (nSPS) is 20.1. The number of likely N-dealkylation sites (N-methyl/N-ethyl adjacent to an activating group) is 1. The molecule has 4 nitrogen and oxygen atoms in total. The monoisotopic (exact) mass is 245 g/mol. The number of nitrogens with zero attached hydrogens (tertiary/aromatic N) is 1. The van der Waals surface area contributed by atoms with Crippen LogP contribution in [-0.2, 0) is 9.47 Å². The molecule has 0 aromatic carbocycles. The lowest BCUT2D eigenvalue weighted by atomic mass is 10.00. The van der Waals surface area contributed by atoms with Crippen molar-refractivity contribution in [3.05, 3.63) is 0 Å². The summed E-state index contributed by atoms with van der Waals surface area (Å²) in [5.74, 6) is 0.715. The lowest BCUT2D eigenvalue weighted by Crippen LogP contribution is -2.37. The maximum Gasteiger partial charge on any atom is 0.0900 e. The Morgan fingerprint density at radius 1 is 1.35 bits per heavy atom. The van der Waals surface area contributed by atoms with Crippen molar-refractivity contribution in [1.29, 1.82) is 0 Å². The van der Waals surface area contributed by atoms with Gasteiger partial charge in [0.05, 0.1) is 18.8 Å². The topological polar surface area (TPSA) is 41.9 Å². The van der Waals surface area contributed by atoms with E-state index in [0.29, 0.717) is 19.1 Å². The van der Waals surface area contributed by atoms with Crippen LogP contribution < -0.4 is 0 Å². The molecule has 1 heterocycles. The second-order valence-electron chi connectivity index (χ2n) is 5.31. The predicted molar refractivity (Wildman–Crippen MR) is 68.1 cm³/mol. The smallest absolute Gasteiger partial charge is 0.0900 e. The number of hydrogen-bond acceptors (Lipinski definition) is 4. The zero-order valence-corrected chi connectivity index (χ0v) is 11.4. The third kappa shape index (κ3) is 6.99. The standard InChI is InChI=1S/C13H27NO3/c1-11(2)17-10-13(15)9-14(3)8-12-4-6-16-7-5-12/h11-13,15H,4-10H2,1-3H3. The highest BCUT2D eigenvalue weighted by Gasteiger charge is 2.17. The molecule has 1 fully saturated rings. The van der Waals surface area contributed by atoms with Crippen LogP contribution in [0.3, 0.4) is 0 Å². The Bertz CT molecular complexity index is 193. The summed E-state index contributed by atoms with van der Waals surface area (Å²) in [5, 5.41) is 9.81. The van der Waals surface area contributed by atoms with Crippen molar-refractivity contribution in [2.75, 3.05) is 40.0 Å². The molecule has 4 heteroatoms. The van der Waals surface area contributed by atoms with E-state index < -0.39 is 0 Å². The van der Waals surface area contributed by atoms with Crippen LogP contribution in [-0.4, -0.2) is 62.2 Å². The van der Waals surface area contributed by atoms with Gasteiger partial charge in [-0.15, -0.1) is 0 Å². The van der Waals surface area contributed by atoms with Crippen LogP contribution in [0.15, 0.2) is 0 Å². The van der Waals surface area contributed by atoms with Gasteiger partial charge in [-0.2, -0.15) is 0 Å². The van der Waals surface area contributed by atoms with Crippen molar-refractivity contribution in [1.82, 2.24) is 4.90 Å². The van der Waals surface area contributed by atoms with E-state index in [4.69, 9.17) is 9.47 Å². The summed E-state index contributed by atoms with van der Waals surface area (Å²) in [5.41, 5.74) is 0. The Kier molecular flexibility index (Phi) is 7.04. The quantitative estimate of drug-likeness (QED) is 0.730. The van der Waals surface area contributed by atoms with Gasteiger partial charge >= 0.3 is 0 Å². The van der Waals surface area contributed by atoms with Crippen LogP contribution in [0.25, 0.3) is 0 Å². The summed E-state index contributed by atoms with van der Waals surface area (Å²) in [7, 11) is 2.06. The number of aliphatic hydroxyl groups excluding tert-OH is 1. The molecule has 0 aliphatic carbocycles.